The molecule has 0 unspecified atom stereocenters. The molecular weight excluding hydrogens is 293 g/mol. The summed E-state index contributed by atoms with van der Waals surface area (Å²) in [6, 6.07) is 5.87. The van der Waals surface area contributed by atoms with Crippen molar-refractivity contribution in [3.8, 4) is 0 Å². The van der Waals surface area contributed by atoms with Crippen LogP contribution in [0.2, 0.25) is 0 Å². The number of anilines is 1. The van der Waals surface area contributed by atoms with E-state index in [-0.39, 0.29) is 5.82 Å². The summed E-state index contributed by atoms with van der Waals surface area (Å²) in [6.45, 7) is 7.36. The van der Waals surface area contributed by atoms with Gasteiger partial charge in [-0.1, -0.05) is 13.0 Å². The lowest BCUT2D eigenvalue weighted by molar-refractivity contribution is 0.270. The molecule has 1 aromatic carbocycles. The minimum atomic E-state index is -0.170. The van der Waals surface area contributed by atoms with E-state index in [9.17, 15) is 4.39 Å². The monoisotopic (exact) mass is 319 g/mol. The molecule has 1 aliphatic heterocycles. The highest BCUT2D eigenvalue weighted by atomic mass is 19.1. The zero-order valence-corrected chi connectivity index (χ0v) is 13.8. The van der Waals surface area contributed by atoms with Crippen LogP contribution in [0.15, 0.2) is 23.2 Å². The van der Waals surface area contributed by atoms with E-state index < -0.39 is 0 Å². The lowest BCUT2D eigenvalue weighted by Gasteiger charge is -2.35. The maximum absolute atomic E-state index is 14.4. The summed E-state index contributed by atoms with van der Waals surface area (Å²) in [4.78, 5) is 8.78. The predicted molar refractivity (Wildman–Crippen MR) is 92.2 cm³/mol. The van der Waals surface area contributed by atoms with Crippen molar-refractivity contribution in [2.75, 3.05) is 37.6 Å². The first-order valence-corrected chi connectivity index (χ1v) is 8.48. The van der Waals surface area contributed by atoms with E-state index in [0.717, 1.165) is 51.1 Å². The van der Waals surface area contributed by atoms with Gasteiger partial charge in [-0.25, -0.2) is 9.38 Å². The van der Waals surface area contributed by atoms with Crippen molar-refractivity contribution in [1.29, 1.82) is 0 Å². The molecule has 3 rings (SSSR count). The van der Waals surface area contributed by atoms with Gasteiger partial charge in [0.15, 0.2) is 5.96 Å². The third kappa shape index (κ3) is 4.34. The molecule has 0 radical (unpaired) electrons. The first kappa shape index (κ1) is 16.1. The Kier molecular flexibility index (Phi) is 5.00. The Morgan fingerprint density at radius 3 is 2.65 bits per heavy atom. The van der Waals surface area contributed by atoms with Gasteiger partial charge >= 0.3 is 0 Å². The van der Waals surface area contributed by atoms with Crippen molar-refractivity contribution in [3.63, 3.8) is 0 Å². The molecule has 0 amide bonds. The molecular formula is C17H26FN5. The minimum Gasteiger partial charge on any atom is -0.370 e. The van der Waals surface area contributed by atoms with Gasteiger partial charge in [0.2, 0.25) is 0 Å². The van der Waals surface area contributed by atoms with Crippen LogP contribution >= 0.6 is 0 Å². The molecule has 1 heterocycles. The van der Waals surface area contributed by atoms with Crippen molar-refractivity contribution in [2.45, 2.75) is 32.4 Å². The normalized spacial score (nSPS) is 19.9. The molecule has 0 atom stereocenters. The minimum absolute atomic E-state index is 0.170. The molecule has 0 bridgehead atoms. The lowest BCUT2D eigenvalue weighted by atomic mass is 10.1. The van der Waals surface area contributed by atoms with Gasteiger partial charge in [-0.05, 0) is 37.1 Å². The number of nitrogens with two attached hydrogens (primary N) is 1. The smallest absolute Gasteiger partial charge is 0.189 e. The molecule has 1 saturated carbocycles. The number of likely N-dealkylation sites (N-methyl/N-ethyl adjacent to an activating group) is 1. The zero-order chi connectivity index (χ0) is 16.2. The largest absolute Gasteiger partial charge is 0.370 e. The summed E-state index contributed by atoms with van der Waals surface area (Å²) in [6.07, 6.45) is 2.32. The summed E-state index contributed by atoms with van der Waals surface area (Å²) < 4.78 is 14.4. The predicted octanol–water partition coefficient (Wildman–Crippen LogP) is 1.53. The molecule has 23 heavy (non-hydrogen) atoms. The van der Waals surface area contributed by atoms with Crippen LogP contribution in [0.1, 0.15) is 25.3 Å². The summed E-state index contributed by atoms with van der Waals surface area (Å²) in [7, 11) is 0. The molecule has 2 fully saturated rings. The topological polar surface area (TPSA) is 56.9 Å². The number of nitrogens with one attached hydrogen (secondary N) is 1. The van der Waals surface area contributed by atoms with Crippen LogP contribution in [0, 0.1) is 5.82 Å². The number of hydrogen-bond acceptors (Lipinski definition) is 3. The summed E-state index contributed by atoms with van der Waals surface area (Å²) >= 11 is 0. The van der Waals surface area contributed by atoms with Gasteiger partial charge in [-0.3, -0.25) is 0 Å². The standard InChI is InChI=1S/C17H26FN5/c1-2-22-7-9-23(10-8-22)16-6-3-13(11-15(16)18)12-20-17(19)21-14-4-5-14/h3,6,11,14H,2,4-5,7-10,12H2,1H3,(H3,19,20,21). The first-order chi connectivity index (χ1) is 11.2. The van der Waals surface area contributed by atoms with Gasteiger partial charge in [-0.15, -0.1) is 0 Å². The number of piperazine rings is 1. The molecule has 2 aliphatic rings. The maximum atomic E-state index is 14.4. The maximum Gasteiger partial charge on any atom is 0.189 e. The van der Waals surface area contributed by atoms with E-state index in [1.807, 2.05) is 12.1 Å². The highest BCUT2D eigenvalue weighted by Crippen LogP contribution is 2.22. The second-order valence-corrected chi connectivity index (χ2v) is 6.33. The lowest BCUT2D eigenvalue weighted by Crippen LogP contribution is -2.46. The van der Waals surface area contributed by atoms with E-state index in [1.165, 1.54) is 0 Å². The SMILES string of the molecule is CCN1CCN(c2ccc(CN=C(N)NC3CC3)cc2F)CC1. The number of halogens is 1. The number of rotatable bonds is 5. The van der Waals surface area contributed by atoms with Gasteiger partial charge in [0.05, 0.1) is 12.2 Å². The molecule has 1 aliphatic carbocycles. The zero-order valence-electron chi connectivity index (χ0n) is 13.8. The fourth-order valence-corrected chi connectivity index (χ4v) is 2.87. The van der Waals surface area contributed by atoms with Crippen molar-refractivity contribution >= 4 is 11.6 Å². The van der Waals surface area contributed by atoms with Crippen molar-refractivity contribution in [3.05, 3.63) is 29.6 Å². The molecule has 0 spiro atoms. The first-order valence-electron chi connectivity index (χ1n) is 8.48. The third-order valence-corrected chi connectivity index (χ3v) is 4.53. The van der Waals surface area contributed by atoms with Crippen LogP contribution in [-0.4, -0.2) is 49.6 Å². The van der Waals surface area contributed by atoms with E-state index in [2.05, 4.69) is 27.0 Å². The number of benzene rings is 1. The van der Waals surface area contributed by atoms with Gasteiger partial charge in [0.1, 0.15) is 5.82 Å². The van der Waals surface area contributed by atoms with Crippen LogP contribution < -0.4 is 16.0 Å². The van der Waals surface area contributed by atoms with Crippen molar-refractivity contribution in [2.24, 2.45) is 10.7 Å². The van der Waals surface area contributed by atoms with E-state index in [1.54, 1.807) is 6.07 Å². The van der Waals surface area contributed by atoms with E-state index >= 15 is 0 Å². The third-order valence-electron chi connectivity index (χ3n) is 4.53. The second kappa shape index (κ2) is 7.17. The number of nitrogens with zero attached hydrogens (tertiary/aromatic N) is 3. The highest BCUT2D eigenvalue weighted by molar-refractivity contribution is 5.78. The molecule has 6 heteroatoms. The van der Waals surface area contributed by atoms with Gasteiger partial charge in [-0.2, -0.15) is 0 Å². The quantitative estimate of drug-likeness (QED) is 0.638. The van der Waals surface area contributed by atoms with Crippen LogP contribution in [0.4, 0.5) is 10.1 Å². The molecule has 1 aromatic rings. The average Bonchev–Trinajstić information content (AvgIpc) is 3.37. The average molecular weight is 319 g/mol. The van der Waals surface area contributed by atoms with E-state index in [0.29, 0.717) is 24.2 Å². The van der Waals surface area contributed by atoms with Gasteiger partial charge in [0.25, 0.3) is 0 Å². The Labute approximate surface area is 137 Å². The Bertz CT molecular complexity index is 562. The van der Waals surface area contributed by atoms with Crippen molar-refractivity contribution in [1.82, 2.24) is 10.2 Å². The summed E-state index contributed by atoms with van der Waals surface area (Å²) in [5.41, 5.74) is 7.34. The number of aliphatic imine (C=N–C) groups is 1. The molecule has 3 N–H and O–H groups in total. The molecule has 126 valence electrons. The van der Waals surface area contributed by atoms with E-state index in [4.69, 9.17) is 5.73 Å². The highest BCUT2D eigenvalue weighted by Gasteiger charge is 2.21. The Morgan fingerprint density at radius 2 is 2.04 bits per heavy atom. The van der Waals surface area contributed by atoms with Crippen LogP contribution in [0.5, 0.6) is 0 Å². The number of hydrogen-bond donors (Lipinski definition) is 2. The Balaban J connectivity index is 1.59. The Morgan fingerprint density at radius 1 is 1.30 bits per heavy atom. The number of guanidine groups is 1. The fourth-order valence-electron chi connectivity index (χ4n) is 2.87. The summed E-state index contributed by atoms with van der Waals surface area (Å²) in [5, 5.41) is 3.13. The molecule has 1 saturated heterocycles. The van der Waals surface area contributed by atoms with Crippen LogP contribution in [0.3, 0.4) is 0 Å². The van der Waals surface area contributed by atoms with Crippen LogP contribution in [-0.2, 0) is 6.54 Å². The molecule has 0 aromatic heterocycles. The molecule has 5 nitrogen and oxygen atoms in total. The van der Waals surface area contributed by atoms with Crippen molar-refractivity contribution < 1.29 is 4.39 Å². The second-order valence-electron chi connectivity index (χ2n) is 6.33. The van der Waals surface area contributed by atoms with Gasteiger partial charge < -0.3 is 20.9 Å². The Hall–Kier alpha value is -1.82. The van der Waals surface area contributed by atoms with Crippen LogP contribution in [0.25, 0.3) is 0 Å². The van der Waals surface area contributed by atoms with Gasteiger partial charge in [0, 0.05) is 32.2 Å². The summed E-state index contributed by atoms with van der Waals surface area (Å²) in [5.74, 6) is 0.282. The fraction of sp³-hybridized carbons (Fsp3) is 0.588.